The Balaban J connectivity index is 2.05. The van der Waals surface area contributed by atoms with Gasteiger partial charge in [0, 0.05) is 16.7 Å². The Kier molecular flexibility index (Phi) is 3.90. The second-order valence-electron chi connectivity index (χ2n) is 4.09. The largest absolute Gasteiger partial charge is 0.327 e. The molecular weight excluding hydrogens is 265 g/mol. The fourth-order valence-corrected chi connectivity index (χ4v) is 3.20. The number of halogens is 2. The molecule has 1 aliphatic carbocycles. The third kappa shape index (κ3) is 2.98. The Bertz CT molecular complexity index is 420. The Morgan fingerprint density at radius 3 is 2.62 bits per heavy atom. The van der Waals surface area contributed by atoms with Crippen molar-refractivity contribution in [1.29, 1.82) is 0 Å². The van der Waals surface area contributed by atoms with E-state index in [4.69, 9.17) is 28.9 Å². The van der Waals surface area contributed by atoms with Crippen molar-refractivity contribution in [3.05, 3.63) is 28.2 Å². The molecule has 5 heteroatoms. The van der Waals surface area contributed by atoms with Crippen LogP contribution in [0.2, 0.25) is 10.0 Å². The maximum Gasteiger partial charge on any atom is 0.0604 e. The zero-order chi connectivity index (χ0) is 11.7. The lowest BCUT2D eigenvalue weighted by Gasteiger charge is -2.10. The average Bonchev–Trinajstić information content (AvgIpc) is 3.05. The van der Waals surface area contributed by atoms with Gasteiger partial charge in [-0.25, -0.2) is 0 Å². The highest BCUT2D eigenvalue weighted by Gasteiger charge is 2.29. The lowest BCUT2D eigenvalue weighted by atomic mass is 10.2. The molecule has 0 aromatic heterocycles. The van der Waals surface area contributed by atoms with E-state index in [0.717, 1.165) is 0 Å². The van der Waals surface area contributed by atoms with E-state index in [1.54, 1.807) is 18.2 Å². The zero-order valence-corrected chi connectivity index (χ0v) is 11.0. The molecule has 2 nitrogen and oxygen atoms in total. The summed E-state index contributed by atoms with van der Waals surface area (Å²) in [5.41, 5.74) is 5.93. The van der Waals surface area contributed by atoms with Gasteiger partial charge in [0.25, 0.3) is 0 Å². The molecule has 2 atom stereocenters. The van der Waals surface area contributed by atoms with Crippen LogP contribution in [-0.2, 0) is 10.8 Å². The number of hydrogen-bond acceptors (Lipinski definition) is 2. The van der Waals surface area contributed by atoms with Crippen LogP contribution in [0, 0.1) is 5.92 Å². The van der Waals surface area contributed by atoms with Crippen LogP contribution in [0.3, 0.4) is 0 Å². The van der Waals surface area contributed by atoms with Crippen LogP contribution in [0.5, 0.6) is 0 Å². The molecule has 1 aromatic carbocycles. The van der Waals surface area contributed by atoms with Gasteiger partial charge in [-0.05, 0) is 37.0 Å². The van der Waals surface area contributed by atoms with Crippen LogP contribution >= 0.6 is 23.2 Å². The number of nitrogens with two attached hydrogens (primary N) is 1. The summed E-state index contributed by atoms with van der Waals surface area (Å²) in [5.74, 6) is 1.06. The van der Waals surface area contributed by atoms with Crippen LogP contribution in [0.15, 0.2) is 23.1 Å². The maximum atomic E-state index is 12.0. The van der Waals surface area contributed by atoms with E-state index < -0.39 is 10.8 Å². The molecule has 1 fully saturated rings. The first kappa shape index (κ1) is 12.4. The molecule has 1 aromatic rings. The van der Waals surface area contributed by atoms with Crippen molar-refractivity contribution < 1.29 is 4.21 Å². The highest BCUT2D eigenvalue weighted by Crippen LogP contribution is 2.32. The van der Waals surface area contributed by atoms with Gasteiger partial charge in [-0.15, -0.1) is 0 Å². The maximum absolute atomic E-state index is 12.0. The van der Waals surface area contributed by atoms with Gasteiger partial charge in [-0.1, -0.05) is 23.2 Å². The number of hydrogen-bond donors (Lipinski definition) is 1. The summed E-state index contributed by atoms with van der Waals surface area (Å²) in [5, 5.41) is 0.918. The van der Waals surface area contributed by atoms with E-state index in [0.29, 0.717) is 26.6 Å². The van der Waals surface area contributed by atoms with E-state index in [2.05, 4.69) is 0 Å². The van der Waals surface area contributed by atoms with Crippen LogP contribution in [-0.4, -0.2) is 16.0 Å². The van der Waals surface area contributed by atoms with Crippen molar-refractivity contribution in [2.24, 2.45) is 11.7 Å². The van der Waals surface area contributed by atoms with Gasteiger partial charge in [0.1, 0.15) is 0 Å². The van der Waals surface area contributed by atoms with Crippen molar-refractivity contribution in [3.63, 3.8) is 0 Å². The second-order valence-corrected chi connectivity index (χ2v) is 6.40. The smallest absolute Gasteiger partial charge is 0.0604 e. The number of rotatable bonds is 4. The molecule has 1 saturated carbocycles. The molecule has 2 unspecified atom stereocenters. The molecule has 2 rings (SSSR count). The standard InChI is InChI=1S/C11H13Cl2NOS/c12-9-4-3-8(5-10(9)13)16(15)6-11(14)7-1-2-7/h3-5,7,11H,1-2,6,14H2. The topological polar surface area (TPSA) is 43.1 Å². The highest BCUT2D eigenvalue weighted by molar-refractivity contribution is 7.85. The summed E-state index contributed by atoms with van der Waals surface area (Å²) in [7, 11) is -1.08. The van der Waals surface area contributed by atoms with Gasteiger partial charge in [-0.3, -0.25) is 4.21 Å². The van der Waals surface area contributed by atoms with Gasteiger partial charge < -0.3 is 5.73 Å². The molecule has 88 valence electrons. The van der Waals surface area contributed by atoms with Crippen LogP contribution in [0.25, 0.3) is 0 Å². The minimum atomic E-state index is -1.08. The minimum Gasteiger partial charge on any atom is -0.327 e. The molecular formula is C11H13Cl2NOS. The van der Waals surface area contributed by atoms with Crippen LogP contribution in [0.1, 0.15) is 12.8 Å². The van der Waals surface area contributed by atoms with Crippen molar-refractivity contribution in [1.82, 2.24) is 0 Å². The van der Waals surface area contributed by atoms with E-state index in [1.807, 2.05) is 0 Å². The van der Waals surface area contributed by atoms with Gasteiger partial charge in [0.15, 0.2) is 0 Å². The predicted octanol–water partition coefficient (Wildman–Crippen LogP) is 2.84. The minimum absolute atomic E-state index is 0.0373. The summed E-state index contributed by atoms with van der Waals surface area (Å²) in [6.07, 6.45) is 2.33. The Morgan fingerprint density at radius 2 is 2.06 bits per heavy atom. The first-order chi connectivity index (χ1) is 7.58. The Hall–Kier alpha value is -0.0900. The van der Waals surface area contributed by atoms with Gasteiger partial charge >= 0.3 is 0 Å². The highest BCUT2D eigenvalue weighted by atomic mass is 35.5. The molecule has 1 aliphatic rings. The average molecular weight is 278 g/mol. The lowest BCUT2D eigenvalue weighted by molar-refractivity contribution is 0.634. The molecule has 0 heterocycles. The monoisotopic (exact) mass is 277 g/mol. The van der Waals surface area contributed by atoms with Crippen molar-refractivity contribution in [2.45, 2.75) is 23.8 Å². The quantitative estimate of drug-likeness (QED) is 0.920. The molecule has 0 amide bonds. The first-order valence-electron chi connectivity index (χ1n) is 5.17. The van der Waals surface area contributed by atoms with Gasteiger partial charge in [-0.2, -0.15) is 0 Å². The van der Waals surface area contributed by atoms with Crippen molar-refractivity contribution in [2.75, 3.05) is 5.75 Å². The molecule has 0 bridgehead atoms. The molecule has 2 N–H and O–H groups in total. The molecule has 0 spiro atoms. The molecule has 0 saturated heterocycles. The molecule has 0 aliphatic heterocycles. The number of benzene rings is 1. The van der Waals surface area contributed by atoms with Crippen molar-refractivity contribution in [3.8, 4) is 0 Å². The first-order valence-corrected chi connectivity index (χ1v) is 7.24. The normalized spacial score (nSPS) is 19.4. The second kappa shape index (κ2) is 5.05. The fraction of sp³-hybridized carbons (Fsp3) is 0.455. The van der Waals surface area contributed by atoms with E-state index >= 15 is 0 Å². The zero-order valence-electron chi connectivity index (χ0n) is 8.66. The summed E-state index contributed by atoms with van der Waals surface area (Å²) < 4.78 is 12.0. The molecule has 0 radical (unpaired) electrons. The Labute approximate surface area is 108 Å². The third-order valence-corrected chi connectivity index (χ3v) is 4.93. The van der Waals surface area contributed by atoms with E-state index in [-0.39, 0.29) is 6.04 Å². The fourth-order valence-electron chi connectivity index (χ4n) is 1.55. The third-order valence-electron chi connectivity index (χ3n) is 2.73. The Morgan fingerprint density at radius 1 is 1.38 bits per heavy atom. The lowest BCUT2D eigenvalue weighted by Crippen LogP contribution is -2.29. The SMILES string of the molecule is NC(CS(=O)c1ccc(Cl)c(Cl)c1)C1CC1. The van der Waals surface area contributed by atoms with Crippen LogP contribution in [0.4, 0.5) is 0 Å². The van der Waals surface area contributed by atoms with E-state index in [9.17, 15) is 4.21 Å². The van der Waals surface area contributed by atoms with Gasteiger partial charge in [0.2, 0.25) is 0 Å². The molecule has 16 heavy (non-hydrogen) atoms. The van der Waals surface area contributed by atoms with E-state index in [1.165, 1.54) is 12.8 Å². The summed E-state index contributed by atoms with van der Waals surface area (Å²) in [6.45, 7) is 0. The summed E-state index contributed by atoms with van der Waals surface area (Å²) in [4.78, 5) is 0.700. The van der Waals surface area contributed by atoms with Gasteiger partial charge in [0.05, 0.1) is 20.8 Å². The summed E-state index contributed by atoms with van der Waals surface area (Å²) in [6, 6.07) is 5.10. The van der Waals surface area contributed by atoms with Crippen molar-refractivity contribution >= 4 is 34.0 Å². The summed E-state index contributed by atoms with van der Waals surface area (Å²) >= 11 is 11.7. The van der Waals surface area contributed by atoms with Crippen LogP contribution < -0.4 is 5.73 Å². The predicted molar refractivity (Wildman–Crippen MR) is 68.4 cm³/mol.